The van der Waals surface area contributed by atoms with Crippen LogP contribution in [0.5, 0.6) is 0 Å². The Labute approximate surface area is 95.7 Å². The molecule has 0 bridgehead atoms. The molecule has 16 heavy (non-hydrogen) atoms. The molecule has 2 rings (SSSR count). The molecule has 0 saturated heterocycles. The Morgan fingerprint density at radius 1 is 0.875 bits per heavy atom. The van der Waals surface area contributed by atoms with Crippen molar-refractivity contribution in [3.8, 4) is 0 Å². The van der Waals surface area contributed by atoms with Crippen LogP contribution >= 0.6 is 0 Å². The van der Waals surface area contributed by atoms with E-state index in [4.69, 9.17) is 0 Å². The summed E-state index contributed by atoms with van der Waals surface area (Å²) in [5.74, 6) is 0.363. The molecule has 0 amide bonds. The van der Waals surface area contributed by atoms with Gasteiger partial charge in [-0.05, 0) is 11.1 Å². The lowest BCUT2D eigenvalue weighted by Crippen LogP contribution is -1.95. The first-order chi connectivity index (χ1) is 7.81. The summed E-state index contributed by atoms with van der Waals surface area (Å²) in [6, 6.07) is 18.1. The van der Waals surface area contributed by atoms with E-state index in [0.29, 0.717) is 5.92 Å². The van der Waals surface area contributed by atoms with Gasteiger partial charge < -0.3 is 0 Å². The Morgan fingerprint density at radius 2 is 1.44 bits per heavy atom. The largest absolute Gasteiger partial charge is 0.298 e. The summed E-state index contributed by atoms with van der Waals surface area (Å²) in [5, 5.41) is 0. The van der Waals surface area contributed by atoms with Crippen molar-refractivity contribution in [2.24, 2.45) is 0 Å². The highest BCUT2D eigenvalue weighted by molar-refractivity contribution is 5.74. The van der Waals surface area contributed by atoms with Gasteiger partial charge in [-0.1, -0.05) is 61.5 Å². The zero-order valence-corrected chi connectivity index (χ0v) is 9.26. The van der Waals surface area contributed by atoms with Crippen molar-refractivity contribution in [1.82, 2.24) is 0 Å². The summed E-state index contributed by atoms with van der Waals surface area (Å²) in [5.41, 5.74) is 3.25. The maximum absolute atomic E-state index is 10.6. The van der Waals surface area contributed by atoms with Crippen molar-refractivity contribution in [3.05, 3.63) is 71.3 Å². The Balaban J connectivity index is 2.27. The third-order valence-electron chi connectivity index (χ3n) is 2.87. The molecule has 0 aliphatic rings. The molecule has 2 aromatic carbocycles. The number of carbonyl (C=O) groups is 1. The number of hydrogen-bond acceptors (Lipinski definition) is 1. The average Bonchev–Trinajstić information content (AvgIpc) is 2.39. The minimum absolute atomic E-state index is 0.363. The normalized spacial score (nSPS) is 12.1. The lowest BCUT2D eigenvalue weighted by Gasteiger charge is -2.12. The fourth-order valence-corrected chi connectivity index (χ4v) is 1.80. The second kappa shape index (κ2) is 4.75. The van der Waals surface area contributed by atoms with Gasteiger partial charge in [-0.25, -0.2) is 0 Å². The molecule has 0 spiro atoms. The molecule has 0 saturated carbocycles. The summed E-state index contributed by atoms with van der Waals surface area (Å²) < 4.78 is 0. The van der Waals surface area contributed by atoms with Crippen molar-refractivity contribution in [3.63, 3.8) is 0 Å². The molecule has 80 valence electrons. The fourth-order valence-electron chi connectivity index (χ4n) is 1.80. The van der Waals surface area contributed by atoms with E-state index in [9.17, 15) is 4.79 Å². The van der Waals surface area contributed by atoms with Crippen molar-refractivity contribution in [1.29, 1.82) is 0 Å². The highest BCUT2D eigenvalue weighted by Crippen LogP contribution is 2.23. The fraction of sp³-hybridized carbons (Fsp3) is 0.133. The van der Waals surface area contributed by atoms with E-state index in [1.54, 1.807) is 0 Å². The van der Waals surface area contributed by atoms with E-state index in [-0.39, 0.29) is 0 Å². The van der Waals surface area contributed by atoms with E-state index in [1.165, 1.54) is 11.1 Å². The first-order valence-electron chi connectivity index (χ1n) is 5.41. The average molecular weight is 210 g/mol. The maximum Gasteiger partial charge on any atom is 0.150 e. The predicted octanol–water partition coefficient (Wildman–Crippen LogP) is 3.65. The Hall–Kier alpha value is -1.89. The first kappa shape index (κ1) is 10.6. The Bertz CT molecular complexity index is 457. The van der Waals surface area contributed by atoms with Crippen LogP contribution in [-0.2, 0) is 0 Å². The third-order valence-corrected chi connectivity index (χ3v) is 2.87. The third kappa shape index (κ3) is 2.19. The Morgan fingerprint density at radius 3 is 2.00 bits per heavy atom. The smallest absolute Gasteiger partial charge is 0.150 e. The standard InChI is InChI=1S/C15H14O/c1-12(14-5-3-2-4-6-14)15-9-7-13(11-16)8-10-15/h2-12H,1H3. The molecule has 0 N–H and O–H groups in total. The summed E-state index contributed by atoms with van der Waals surface area (Å²) in [6.45, 7) is 2.17. The number of benzene rings is 2. The van der Waals surface area contributed by atoms with Gasteiger partial charge in [0.15, 0.2) is 0 Å². The topological polar surface area (TPSA) is 17.1 Å². The van der Waals surface area contributed by atoms with Crippen LogP contribution in [-0.4, -0.2) is 6.29 Å². The SMILES string of the molecule is CC(c1ccccc1)c1ccc(C=O)cc1. The zero-order chi connectivity index (χ0) is 11.4. The second-order valence-corrected chi connectivity index (χ2v) is 3.92. The molecule has 0 fully saturated rings. The van der Waals surface area contributed by atoms with Gasteiger partial charge in [-0.3, -0.25) is 4.79 Å². The van der Waals surface area contributed by atoms with Gasteiger partial charge in [0.2, 0.25) is 0 Å². The van der Waals surface area contributed by atoms with Crippen molar-refractivity contribution >= 4 is 6.29 Å². The summed E-state index contributed by atoms with van der Waals surface area (Å²) >= 11 is 0. The summed E-state index contributed by atoms with van der Waals surface area (Å²) in [6.07, 6.45) is 0.872. The molecule has 0 aromatic heterocycles. The van der Waals surface area contributed by atoms with Gasteiger partial charge in [-0.2, -0.15) is 0 Å². The highest BCUT2D eigenvalue weighted by atomic mass is 16.1. The minimum Gasteiger partial charge on any atom is -0.298 e. The monoisotopic (exact) mass is 210 g/mol. The quantitative estimate of drug-likeness (QED) is 0.707. The van der Waals surface area contributed by atoms with Crippen LogP contribution in [0.15, 0.2) is 54.6 Å². The lowest BCUT2D eigenvalue weighted by molar-refractivity contribution is 0.112. The predicted molar refractivity (Wildman–Crippen MR) is 65.8 cm³/mol. The number of rotatable bonds is 3. The second-order valence-electron chi connectivity index (χ2n) is 3.92. The van der Waals surface area contributed by atoms with Crippen LogP contribution < -0.4 is 0 Å². The van der Waals surface area contributed by atoms with Crippen LogP contribution in [0.1, 0.15) is 34.3 Å². The molecule has 2 aromatic rings. The van der Waals surface area contributed by atoms with E-state index in [2.05, 4.69) is 19.1 Å². The molecule has 0 aliphatic carbocycles. The summed E-state index contributed by atoms with van der Waals surface area (Å²) in [7, 11) is 0. The van der Waals surface area contributed by atoms with E-state index in [1.807, 2.05) is 42.5 Å². The Kier molecular flexibility index (Phi) is 3.16. The van der Waals surface area contributed by atoms with E-state index >= 15 is 0 Å². The number of aldehydes is 1. The molecule has 1 atom stereocenters. The van der Waals surface area contributed by atoms with Gasteiger partial charge in [0.1, 0.15) is 6.29 Å². The van der Waals surface area contributed by atoms with Crippen molar-refractivity contribution in [2.75, 3.05) is 0 Å². The minimum atomic E-state index is 0.363. The number of carbonyl (C=O) groups excluding carboxylic acids is 1. The van der Waals surface area contributed by atoms with Crippen LogP contribution in [0, 0.1) is 0 Å². The van der Waals surface area contributed by atoms with E-state index in [0.717, 1.165) is 11.8 Å². The maximum atomic E-state index is 10.6. The molecule has 0 aliphatic heterocycles. The summed E-state index contributed by atoms with van der Waals surface area (Å²) in [4.78, 5) is 10.6. The zero-order valence-electron chi connectivity index (χ0n) is 9.26. The molecule has 1 nitrogen and oxygen atoms in total. The molecule has 1 unspecified atom stereocenters. The van der Waals surface area contributed by atoms with Gasteiger partial charge in [-0.15, -0.1) is 0 Å². The van der Waals surface area contributed by atoms with Gasteiger partial charge >= 0.3 is 0 Å². The van der Waals surface area contributed by atoms with Crippen LogP contribution in [0.4, 0.5) is 0 Å². The molecule has 0 heterocycles. The molecule has 0 radical (unpaired) electrons. The first-order valence-corrected chi connectivity index (χ1v) is 5.41. The van der Waals surface area contributed by atoms with E-state index < -0.39 is 0 Å². The lowest BCUT2D eigenvalue weighted by atomic mass is 9.93. The van der Waals surface area contributed by atoms with Crippen LogP contribution in [0.3, 0.4) is 0 Å². The van der Waals surface area contributed by atoms with Gasteiger partial charge in [0, 0.05) is 11.5 Å². The van der Waals surface area contributed by atoms with Crippen LogP contribution in [0.25, 0.3) is 0 Å². The highest BCUT2D eigenvalue weighted by Gasteiger charge is 2.07. The number of hydrogen-bond donors (Lipinski definition) is 0. The molecular weight excluding hydrogens is 196 g/mol. The molecule has 1 heteroatoms. The van der Waals surface area contributed by atoms with Gasteiger partial charge in [0.05, 0.1) is 0 Å². The van der Waals surface area contributed by atoms with Crippen molar-refractivity contribution < 1.29 is 4.79 Å². The van der Waals surface area contributed by atoms with Crippen molar-refractivity contribution in [2.45, 2.75) is 12.8 Å². The van der Waals surface area contributed by atoms with Gasteiger partial charge in [0.25, 0.3) is 0 Å². The van der Waals surface area contributed by atoms with Crippen LogP contribution in [0.2, 0.25) is 0 Å². The molecular formula is C15H14O.